The molecule has 1 heterocycles. The summed E-state index contributed by atoms with van der Waals surface area (Å²) in [6.45, 7) is 0.112. The van der Waals surface area contributed by atoms with E-state index < -0.39 is 21.8 Å². The smallest absolute Gasteiger partial charge is 0.368 e. The van der Waals surface area contributed by atoms with Crippen LogP contribution in [0.2, 0.25) is 5.02 Å². The van der Waals surface area contributed by atoms with Crippen LogP contribution in [-0.4, -0.2) is 44.2 Å². The predicted octanol–water partition coefficient (Wildman–Crippen LogP) is 2.53. The average molecular weight is 443 g/mol. The summed E-state index contributed by atoms with van der Waals surface area (Å²) >= 11 is 5.80. The van der Waals surface area contributed by atoms with E-state index >= 15 is 0 Å². The normalized spacial score (nSPS) is 20.6. The number of amides is 1. The van der Waals surface area contributed by atoms with E-state index in [1.807, 2.05) is 0 Å². The minimum atomic E-state index is -4.54. The number of carbonyl (C=O) groups excluding carboxylic acids is 1. The Kier molecular flexibility index (Phi) is 7.52. The third-order valence-electron chi connectivity index (χ3n) is 4.29. The summed E-state index contributed by atoms with van der Waals surface area (Å²) in [6.07, 6.45) is 0.297. The highest BCUT2D eigenvalue weighted by Gasteiger charge is 2.31. The quantitative estimate of drug-likeness (QED) is 0.602. The SMILES string of the molecule is CS(=O)(=O)N[C@@H]1CCCC[C@@H]1NC(=O)CCNc1ncc(C(F)(F)F)cc1Cl. The molecule has 7 nitrogen and oxygen atoms in total. The van der Waals surface area contributed by atoms with Crippen molar-refractivity contribution in [1.29, 1.82) is 0 Å². The first-order chi connectivity index (χ1) is 13.0. The first-order valence-electron chi connectivity index (χ1n) is 8.69. The Balaban J connectivity index is 1.85. The van der Waals surface area contributed by atoms with E-state index in [4.69, 9.17) is 11.6 Å². The van der Waals surface area contributed by atoms with Crippen LogP contribution in [0.3, 0.4) is 0 Å². The highest BCUT2D eigenvalue weighted by molar-refractivity contribution is 7.88. The molecule has 3 N–H and O–H groups in total. The molecule has 0 aromatic carbocycles. The van der Waals surface area contributed by atoms with Crippen molar-refractivity contribution in [3.63, 3.8) is 0 Å². The molecule has 1 saturated carbocycles. The van der Waals surface area contributed by atoms with E-state index in [2.05, 4.69) is 20.3 Å². The zero-order valence-electron chi connectivity index (χ0n) is 15.1. The molecule has 1 amide bonds. The molecule has 12 heteroatoms. The van der Waals surface area contributed by atoms with Crippen molar-refractivity contribution in [3.05, 3.63) is 22.8 Å². The number of carbonyl (C=O) groups is 1. The van der Waals surface area contributed by atoms with Gasteiger partial charge in [-0.2, -0.15) is 13.2 Å². The summed E-state index contributed by atoms with van der Waals surface area (Å²) in [5.41, 5.74) is -0.956. The number of hydrogen-bond acceptors (Lipinski definition) is 5. The van der Waals surface area contributed by atoms with Gasteiger partial charge < -0.3 is 10.6 Å². The maximum absolute atomic E-state index is 12.6. The lowest BCUT2D eigenvalue weighted by Crippen LogP contribution is -2.53. The van der Waals surface area contributed by atoms with Crippen LogP contribution >= 0.6 is 11.6 Å². The summed E-state index contributed by atoms with van der Waals surface area (Å²) < 4.78 is 63.3. The second-order valence-corrected chi connectivity index (χ2v) is 8.87. The van der Waals surface area contributed by atoms with Crippen molar-refractivity contribution in [1.82, 2.24) is 15.0 Å². The molecule has 0 unspecified atom stereocenters. The number of pyridine rings is 1. The molecule has 28 heavy (non-hydrogen) atoms. The van der Waals surface area contributed by atoms with Crippen LogP contribution < -0.4 is 15.4 Å². The Morgan fingerprint density at radius 2 is 1.93 bits per heavy atom. The molecule has 0 bridgehead atoms. The summed E-state index contributed by atoms with van der Waals surface area (Å²) in [7, 11) is -3.38. The van der Waals surface area contributed by atoms with Gasteiger partial charge in [0.2, 0.25) is 15.9 Å². The van der Waals surface area contributed by atoms with E-state index in [0.29, 0.717) is 19.0 Å². The number of sulfonamides is 1. The summed E-state index contributed by atoms with van der Waals surface area (Å²) in [4.78, 5) is 15.8. The molecule has 1 fully saturated rings. The second-order valence-electron chi connectivity index (χ2n) is 6.68. The third kappa shape index (κ3) is 7.10. The molecule has 0 aliphatic heterocycles. The lowest BCUT2D eigenvalue weighted by atomic mass is 9.91. The Morgan fingerprint density at radius 3 is 2.50 bits per heavy atom. The van der Waals surface area contributed by atoms with Gasteiger partial charge in [-0.3, -0.25) is 4.79 Å². The molecule has 0 spiro atoms. The van der Waals surface area contributed by atoms with Crippen LogP contribution in [0.15, 0.2) is 12.3 Å². The number of nitrogens with zero attached hydrogens (tertiary/aromatic N) is 1. The summed E-state index contributed by atoms with van der Waals surface area (Å²) in [5, 5.41) is 5.35. The van der Waals surface area contributed by atoms with Crippen molar-refractivity contribution in [3.8, 4) is 0 Å². The van der Waals surface area contributed by atoms with Crippen molar-refractivity contribution >= 4 is 33.3 Å². The minimum Gasteiger partial charge on any atom is -0.368 e. The Morgan fingerprint density at radius 1 is 1.29 bits per heavy atom. The fourth-order valence-corrected chi connectivity index (χ4v) is 4.08. The van der Waals surface area contributed by atoms with Gasteiger partial charge in [0.15, 0.2) is 0 Å². The lowest BCUT2D eigenvalue weighted by Gasteiger charge is -2.32. The molecule has 1 aliphatic rings. The van der Waals surface area contributed by atoms with Crippen LogP contribution in [0, 0.1) is 0 Å². The molecule has 1 aromatic rings. The van der Waals surface area contributed by atoms with E-state index in [0.717, 1.165) is 25.2 Å². The zero-order chi connectivity index (χ0) is 20.9. The third-order valence-corrected chi connectivity index (χ3v) is 5.31. The molecule has 2 atom stereocenters. The first kappa shape index (κ1) is 22.7. The maximum Gasteiger partial charge on any atom is 0.417 e. The Bertz CT molecular complexity index is 805. The number of hydrogen-bond donors (Lipinski definition) is 3. The highest BCUT2D eigenvalue weighted by Crippen LogP contribution is 2.32. The molecule has 1 aromatic heterocycles. The van der Waals surface area contributed by atoms with Crippen LogP contribution in [0.5, 0.6) is 0 Å². The molecular formula is C16H22ClF3N4O3S. The van der Waals surface area contributed by atoms with Crippen LogP contribution in [0.4, 0.5) is 19.0 Å². The summed E-state index contributed by atoms with van der Waals surface area (Å²) in [6, 6.07) is 0.107. The van der Waals surface area contributed by atoms with Crippen LogP contribution in [0.1, 0.15) is 37.7 Å². The number of anilines is 1. The number of rotatable bonds is 7. The monoisotopic (exact) mass is 442 g/mol. The van der Waals surface area contributed by atoms with Gasteiger partial charge in [-0.05, 0) is 18.9 Å². The number of halogens is 4. The van der Waals surface area contributed by atoms with Gasteiger partial charge in [0.1, 0.15) is 5.82 Å². The fraction of sp³-hybridized carbons (Fsp3) is 0.625. The predicted molar refractivity (Wildman–Crippen MR) is 99.5 cm³/mol. The second kappa shape index (κ2) is 9.27. The van der Waals surface area contributed by atoms with Crippen molar-refractivity contribution < 1.29 is 26.4 Å². The minimum absolute atomic E-state index is 0.0289. The Hall–Kier alpha value is -1.59. The first-order valence-corrected chi connectivity index (χ1v) is 11.0. The highest BCUT2D eigenvalue weighted by atomic mass is 35.5. The average Bonchev–Trinajstić information content (AvgIpc) is 2.56. The van der Waals surface area contributed by atoms with Crippen molar-refractivity contribution in [2.24, 2.45) is 0 Å². The van der Waals surface area contributed by atoms with Gasteiger partial charge in [0.05, 0.1) is 16.8 Å². The largest absolute Gasteiger partial charge is 0.417 e. The molecule has 0 saturated heterocycles. The zero-order valence-corrected chi connectivity index (χ0v) is 16.7. The maximum atomic E-state index is 12.6. The van der Waals surface area contributed by atoms with Crippen LogP contribution in [0.25, 0.3) is 0 Å². The van der Waals surface area contributed by atoms with Gasteiger partial charge in [-0.1, -0.05) is 24.4 Å². The van der Waals surface area contributed by atoms with E-state index in [9.17, 15) is 26.4 Å². The van der Waals surface area contributed by atoms with E-state index in [-0.39, 0.29) is 41.8 Å². The standard InChI is InChI=1S/C16H22ClF3N4O3S/c1-28(26,27)24-13-5-3-2-4-12(13)23-14(25)6-7-21-15-11(17)8-10(9-22-15)16(18,19)20/h8-9,12-13,24H,2-7H2,1H3,(H,21,22)(H,23,25)/t12-,13+/m0/s1. The van der Waals surface area contributed by atoms with E-state index in [1.54, 1.807) is 0 Å². The number of alkyl halides is 3. The molecular weight excluding hydrogens is 421 g/mol. The van der Waals surface area contributed by atoms with Gasteiger partial charge in [-0.25, -0.2) is 18.1 Å². The fourth-order valence-electron chi connectivity index (χ4n) is 3.02. The van der Waals surface area contributed by atoms with Crippen LogP contribution in [-0.2, 0) is 21.0 Å². The lowest BCUT2D eigenvalue weighted by molar-refractivity contribution is -0.137. The van der Waals surface area contributed by atoms with Gasteiger partial charge in [0.25, 0.3) is 0 Å². The van der Waals surface area contributed by atoms with Crippen molar-refractivity contribution in [2.75, 3.05) is 18.1 Å². The van der Waals surface area contributed by atoms with Gasteiger partial charge >= 0.3 is 6.18 Å². The topological polar surface area (TPSA) is 100 Å². The molecule has 0 radical (unpaired) electrons. The van der Waals surface area contributed by atoms with Gasteiger partial charge in [-0.15, -0.1) is 0 Å². The van der Waals surface area contributed by atoms with E-state index in [1.165, 1.54) is 0 Å². The molecule has 1 aliphatic carbocycles. The number of nitrogens with one attached hydrogen (secondary N) is 3. The molecule has 158 valence electrons. The van der Waals surface area contributed by atoms with Crippen molar-refractivity contribution in [2.45, 2.75) is 50.4 Å². The Labute approximate surface area is 166 Å². The number of aromatic nitrogens is 1. The van der Waals surface area contributed by atoms with Gasteiger partial charge in [0, 0.05) is 31.2 Å². The summed E-state index contributed by atoms with van der Waals surface area (Å²) in [5.74, 6) is -0.250. The molecule has 2 rings (SSSR count).